The van der Waals surface area contributed by atoms with Crippen molar-refractivity contribution in [3.8, 4) is 0 Å². The molecular formula is C13H22N2O4S2. The van der Waals surface area contributed by atoms with Crippen LogP contribution in [0.1, 0.15) is 19.4 Å². The number of rotatable bonds is 8. The summed E-state index contributed by atoms with van der Waals surface area (Å²) in [7, 11) is -6.57. The minimum absolute atomic E-state index is 0.00655. The van der Waals surface area contributed by atoms with Crippen LogP contribution in [-0.2, 0) is 26.4 Å². The lowest BCUT2D eigenvalue weighted by molar-refractivity contribution is 0.566. The second-order valence-corrected chi connectivity index (χ2v) is 9.11. The Hall–Kier alpha value is -0.960. The van der Waals surface area contributed by atoms with Gasteiger partial charge in [0.25, 0.3) is 0 Å². The van der Waals surface area contributed by atoms with Crippen molar-refractivity contribution in [1.82, 2.24) is 10.0 Å². The van der Waals surface area contributed by atoms with Gasteiger partial charge in [-0.1, -0.05) is 26.0 Å². The van der Waals surface area contributed by atoms with Gasteiger partial charge >= 0.3 is 0 Å². The van der Waals surface area contributed by atoms with Crippen LogP contribution in [0.5, 0.6) is 0 Å². The van der Waals surface area contributed by atoms with E-state index < -0.39 is 19.9 Å². The summed E-state index contributed by atoms with van der Waals surface area (Å²) in [4.78, 5) is 0.218. The van der Waals surface area contributed by atoms with Gasteiger partial charge in [0.1, 0.15) is 0 Å². The van der Waals surface area contributed by atoms with Gasteiger partial charge in [-0.05, 0) is 17.7 Å². The normalized spacial score (nSPS) is 12.8. The van der Waals surface area contributed by atoms with Crippen molar-refractivity contribution in [2.75, 3.05) is 18.6 Å². The van der Waals surface area contributed by atoms with Crippen LogP contribution in [0.4, 0.5) is 0 Å². The van der Waals surface area contributed by atoms with E-state index >= 15 is 0 Å². The first-order valence-electron chi connectivity index (χ1n) is 6.60. The molecule has 0 amide bonds. The van der Waals surface area contributed by atoms with Gasteiger partial charge in [0.05, 0.1) is 10.6 Å². The molecule has 0 aliphatic heterocycles. The number of nitrogens with one attached hydrogen (secondary N) is 2. The molecule has 2 N–H and O–H groups in total. The Kier molecular flexibility index (Phi) is 6.33. The van der Waals surface area contributed by atoms with Gasteiger partial charge in [-0.3, -0.25) is 0 Å². The van der Waals surface area contributed by atoms with Gasteiger partial charge in [-0.2, -0.15) is 0 Å². The average Bonchev–Trinajstić information content (AvgIpc) is 2.35. The zero-order valence-corrected chi connectivity index (χ0v) is 14.1. The lowest BCUT2D eigenvalue weighted by atomic mass is 10.2. The highest BCUT2D eigenvalue weighted by molar-refractivity contribution is 7.90. The Labute approximate surface area is 126 Å². The molecule has 0 atom stereocenters. The third-order valence-corrected chi connectivity index (χ3v) is 5.23. The molecule has 8 heteroatoms. The fourth-order valence-corrected chi connectivity index (χ4v) is 3.15. The number of hydrogen-bond donors (Lipinski definition) is 2. The summed E-state index contributed by atoms with van der Waals surface area (Å²) in [6, 6.07) is 6.39. The van der Waals surface area contributed by atoms with Crippen LogP contribution in [0.15, 0.2) is 29.2 Å². The first-order valence-corrected chi connectivity index (χ1v) is 10.1. The molecule has 1 aromatic carbocycles. The number of benzene rings is 1. The Morgan fingerprint density at radius 3 is 2.10 bits per heavy atom. The SMILES string of the molecule is CC(C)NCCS(=O)(=O)NCc1ccc(S(C)(=O)=O)cc1. The summed E-state index contributed by atoms with van der Waals surface area (Å²) in [5, 5.41) is 3.04. The average molecular weight is 334 g/mol. The quantitative estimate of drug-likeness (QED) is 0.722. The number of hydrogen-bond acceptors (Lipinski definition) is 5. The van der Waals surface area contributed by atoms with E-state index in [1.165, 1.54) is 12.1 Å². The van der Waals surface area contributed by atoms with E-state index in [1.807, 2.05) is 13.8 Å². The van der Waals surface area contributed by atoms with E-state index in [0.717, 1.165) is 6.26 Å². The molecule has 0 saturated carbocycles. The molecule has 6 nitrogen and oxygen atoms in total. The van der Waals surface area contributed by atoms with E-state index in [1.54, 1.807) is 12.1 Å². The maximum Gasteiger partial charge on any atom is 0.213 e. The molecule has 0 radical (unpaired) electrons. The van der Waals surface area contributed by atoms with Gasteiger partial charge in [0.2, 0.25) is 10.0 Å². The van der Waals surface area contributed by atoms with E-state index in [0.29, 0.717) is 12.1 Å². The fourth-order valence-electron chi connectivity index (χ4n) is 1.60. The summed E-state index contributed by atoms with van der Waals surface area (Å²) < 4.78 is 48.7. The van der Waals surface area contributed by atoms with E-state index in [2.05, 4.69) is 10.0 Å². The smallest absolute Gasteiger partial charge is 0.213 e. The van der Waals surface area contributed by atoms with Gasteiger partial charge < -0.3 is 5.32 Å². The lowest BCUT2D eigenvalue weighted by Crippen LogP contribution is -2.34. The largest absolute Gasteiger partial charge is 0.313 e. The van der Waals surface area contributed by atoms with Crippen molar-refractivity contribution in [2.45, 2.75) is 31.3 Å². The Morgan fingerprint density at radius 1 is 1.05 bits per heavy atom. The van der Waals surface area contributed by atoms with E-state index in [9.17, 15) is 16.8 Å². The van der Waals surface area contributed by atoms with Gasteiger partial charge in [-0.15, -0.1) is 0 Å². The second-order valence-electron chi connectivity index (χ2n) is 5.16. The lowest BCUT2D eigenvalue weighted by Gasteiger charge is -2.10. The Bertz CT molecular complexity index is 650. The third kappa shape index (κ3) is 7.03. The highest BCUT2D eigenvalue weighted by Crippen LogP contribution is 2.10. The minimum atomic E-state index is -3.34. The number of sulfone groups is 1. The van der Waals surface area contributed by atoms with Crippen LogP contribution >= 0.6 is 0 Å². The first-order chi connectivity index (χ1) is 9.60. The van der Waals surface area contributed by atoms with E-state index in [4.69, 9.17) is 0 Å². The second kappa shape index (κ2) is 7.35. The first kappa shape index (κ1) is 18.1. The van der Waals surface area contributed by atoms with Crippen molar-refractivity contribution < 1.29 is 16.8 Å². The van der Waals surface area contributed by atoms with Crippen molar-refractivity contribution in [1.29, 1.82) is 0 Å². The maximum atomic E-state index is 11.8. The van der Waals surface area contributed by atoms with Crippen LogP contribution in [0.3, 0.4) is 0 Å². The summed E-state index contributed by atoms with van der Waals surface area (Å²) >= 11 is 0. The van der Waals surface area contributed by atoms with Crippen LogP contribution in [0, 0.1) is 0 Å². The van der Waals surface area contributed by atoms with Crippen LogP contribution in [0.2, 0.25) is 0 Å². The zero-order valence-electron chi connectivity index (χ0n) is 12.5. The zero-order chi connectivity index (χ0) is 16.1. The molecule has 0 saturated heterocycles. The topological polar surface area (TPSA) is 92.3 Å². The minimum Gasteiger partial charge on any atom is -0.313 e. The summed E-state index contributed by atoms with van der Waals surface area (Å²) in [6.07, 6.45) is 1.13. The monoisotopic (exact) mass is 334 g/mol. The van der Waals surface area contributed by atoms with Crippen molar-refractivity contribution in [2.24, 2.45) is 0 Å². The van der Waals surface area contributed by atoms with Crippen molar-refractivity contribution in [3.63, 3.8) is 0 Å². The predicted octanol–water partition coefficient (Wildman–Crippen LogP) is 0.508. The Balaban J connectivity index is 2.55. The summed E-state index contributed by atoms with van der Waals surface area (Å²) in [6.45, 7) is 4.43. The van der Waals surface area contributed by atoms with Gasteiger partial charge in [-0.25, -0.2) is 21.6 Å². The van der Waals surface area contributed by atoms with Gasteiger partial charge in [0, 0.05) is 25.4 Å². The molecule has 0 unspecified atom stereocenters. The molecule has 0 aliphatic rings. The summed E-state index contributed by atoms with van der Waals surface area (Å²) in [5.41, 5.74) is 0.711. The molecule has 1 aromatic rings. The predicted molar refractivity (Wildman–Crippen MR) is 83.3 cm³/mol. The highest BCUT2D eigenvalue weighted by Gasteiger charge is 2.11. The molecule has 0 spiro atoms. The molecule has 120 valence electrons. The molecule has 0 bridgehead atoms. The maximum absolute atomic E-state index is 11.8. The van der Waals surface area contributed by atoms with E-state index in [-0.39, 0.29) is 23.2 Å². The molecule has 1 rings (SSSR count). The number of sulfonamides is 1. The molecular weight excluding hydrogens is 312 g/mol. The molecule has 0 aromatic heterocycles. The molecule has 21 heavy (non-hydrogen) atoms. The van der Waals surface area contributed by atoms with Crippen LogP contribution in [-0.4, -0.2) is 41.4 Å². The molecule has 0 fully saturated rings. The Morgan fingerprint density at radius 2 is 1.62 bits per heavy atom. The molecule has 0 heterocycles. The van der Waals surface area contributed by atoms with Crippen LogP contribution in [0.25, 0.3) is 0 Å². The third-order valence-electron chi connectivity index (χ3n) is 2.77. The van der Waals surface area contributed by atoms with Crippen molar-refractivity contribution in [3.05, 3.63) is 29.8 Å². The fraction of sp³-hybridized carbons (Fsp3) is 0.538. The highest BCUT2D eigenvalue weighted by atomic mass is 32.2. The van der Waals surface area contributed by atoms with Crippen molar-refractivity contribution >= 4 is 19.9 Å². The molecule has 0 aliphatic carbocycles. The van der Waals surface area contributed by atoms with Gasteiger partial charge in [0.15, 0.2) is 9.84 Å². The summed E-state index contributed by atoms with van der Waals surface area (Å²) in [5.74, 6) is 0.00655. The van der Waals surface area contributed by atoms with Crippen LogP contribution < -0.4 is 10.0 Å². The standard InChI is InChI=1S/C13H22N2O4S2/c1-11(2)14-8-9-21(18,19)15-10-12-4-6-13(7-5-12)20(3,16)17/h4-7,11,14-15H,8-10H2,1-3H3.